The van der Waals surface area contributed by atoms with E-state index in [4.69, 9.17) is 9.47 Å². The van der Waals surface area contributed by atoms with Gasteiger partial charge in [0.1, 0.15) is 24.7 Å². The van der Waals surface area contributed by atoms with Gasteiger partial charge in [-0.25, -0.2) is 0 Å². The van der Waals surface area contributed by atoms with Gasteiger partial charge in [0.05, 0.1) is 0 Å². The molecule has 1 heterocycles. The lowest BCUT2D eigenvalue weighted by Gasteiger charge is -2.20. The zero-order valence-corrected chi connectivity index (χ0v) is 8.85. The molecule has 2 aromatic rings. The highest BCUT2D eigenvalue weighted by Crippen LogP contribution is 2.32. The number of hydrogen-bond donors (Lipinski definition) is 0. The Kier molecular flexibility index (Phi) is 2.26. The van der Waals surface area contributed by atoms with Gasteiger partial charge < -0.3 is 9.47 Å². The molecular weight excluding hydrogens is 200 g/mol. The Balaban J connectivity index is 1.68. The van der Waals surface area contributed by atoms with Gasteiger partial charge in [0.15, 0.2) is 0 Å². The van der Waals surface area contributed by atoms with E-state index in [0.29, 0.717) is 6.61 Å². The second kappa shape index (κ2) is 3.89. The minimum Gasteiger partial charge on any atom is -0.489 e. The Hall–Kier alpha value is -1.96. The second-order valence-corrected chi connectivity index (χ2v) is 3.83. The molecule has 2 aromatic carbocycles. The average molecular weight is 212 g/mol. The summed E-state index contributed by atoms with van der Waals surface area (Å²) in [7, 11) is 0. The van der Waals surface area contributed by atoms with Crippen molar-refractivity contribution >= 4 is 0 Å². The Bertz CT molecular complexity index is 491. The second-order valence-electron chi connectivity index (χ2n) is 3.83. The number of fused-ring (bicyclic) bond motifs is 1. The first-order chi connectivity index (χ1) is 7.92. The van der Waals surface area contributed by atoms with Gasteiger partial charge in [0.2, 0.25) is 0 Å². The first-order valence-corrected chi connectivity index (χ1v) is 5.34. The van der Waals surface area contributed by atoms with E-state index in [0.717, 1.165) is 18.1 Å². The molecule has 0 bridgehead atoms. The molecule has 1 aliphatic rings. The number of hydrogen-bond acceptors (Lipinski definition) is 2. The normalized spacial score (nSPS) is 12.2. The first kappa shape index (κ1) is 9.28. The van der Waals surface area contributed by atoms with Crippen molar-refractivity contribution in [3.8, 4) is 11.5 Å². The van der Waals surface area contributed by atoms with Gasteiger partial charge in [-0.3, -0.25) is 0 Å². The summed E-state index contributed by atoms with van der Waals surface area (Å²) in [5, 5.41) is 0. The molecule has 0 radical (unpaired) electrons. The molecule has 0 saturated carbocycles. The Morgan fingerprint density at radius 1 is 1.06 bits per heavy atom. The van der Waals surface area contributed by atoms with Crippen LogP contribution in [0.1, 0.15) is 11.1 Å². The quantitative estimate of drug-likeness (QED) is 0.778. The van der Waals surface area contributed by atoms with E-state index in [1.165, 1.54) is 11.1 Å². The van der Waals surface area contributed by atoms with Gasteiger partial charge in [-0.15, -0.1) is 0 Å². The van der Waals surface area contributed by atoms with Crippen molar-refractivity contribution in [2.24, 2.45) is 0 Å². The number of benzene rings is 2. The molecule has 0 atom stereocenters. The molecule has 0 aromatic heterocycles. The Labute approximate surface area is 94.4 Å². The molecule has 0 N–H and O–H groups in total. The van der Waals surface area contributed by atoms with Crippen LogP contribution in [0, 0.1) is 0 Å². The minimum absolute atomic E-state index is 0.597. The van der Waals surface area contributed by atoms with Crippen molar-refractivity contribution in [2.45, 2.75) is 13.2 Å². The van der Waals surface area contributed by atoms with Crippen molar-refractivity contribution < 1.29 is 9.47 Å². The summed E-state index contributed by atoms with van der Waals surface area (Å²) in [5.74, 6) is 1.81. The van der Waals surface area contributed by atoms with Crippen LogP contribution >= 0.6 is 0 Å². The summed E-state index contributed by atoms with van der Waals surface area (Å²) in [6, 6.07) is 16.1. The van der Waals surface area contributed by atoms with Crippen LogP contribution in [-0.4, -0.2) is 0 Å². The van der Waals surface area contributed by atoms with Gasteiger partial charge in [-0.2, -0.15) is 0 Å². The molecule has 80 valence electrons. The molecule has 0 aliphatic carbocycles. The lowest BCUT2D eigenvalue weighted by atomic mass is 10.1. The maximum absolute atomic E-state index is 5.68. The van der Waals surface area contributed by atoms with E-state index >= 15 is 0 Å². The van der Waals surface area contributed by atoms with Crippen LogP contribution < -0.4 is 9.47 Å². The van der Waals surface area contributed by atoms with Crippen LogP contribution in [-0.2, 0) is 13.2 Å². The van der Waals surface area contributed by atoms with Gasteiger partial charge in [0.25, 0.3) is 0 Å². The third-order valence-electron chi connectivity index (χ3n) is 2.67. The van der Waals surface area contributed by atoms with Gasteiger partial charge in [0, 0.05) is 11.6 Å². The fourth-order valence-corrected chi connectivity index (χ4v) is 1.69. The molecule has 0 amide bonds. The van der Waals surface area contributed by atoms with Gasteiger partial charge in [-0.05, 0) is 17.7 Å². The van der Waals surface area contributed by atoms with Gasteiger partial charge >= 0.3 is 0 Å². The minimum atomic E-state index is 0.597. The molecule has 0 spiro atoms. The molecule has 0 fully saturated rings. The Morgan fingerprint density at radius 3 is 2.62 bits per heavy atom. The summed E-state index contributed by atoms with van der Waals surface area (Å²) >= 11 is 0. The van der Waals surface area contributed by atoms with Crippen molar-refractivity contribution in [1.82, 2.24) is 0 Å². The highest BCUT2D eigenvalue weighted by molar-refractivity contribution is 5.44. The molecule has 2 nitrogen and oxygen atoms in total. The van der Waals surface area contributed by atoms with Crippen molar-refractivity contribution in [2.75, 3.05) is 0 Å². The summed E-state index contributed by atoms with van der Waals surface area (Å²) in [6.07, 6.45) is 0. The molecule has 16 heavy (non-hydrogen) atoms. The van der Waals surface area contributed by atoms with E-state index < -0.39 is 0 Å². The molecule has 0 saturated heterocycles. The van der Waals surface area contributed by atoms with Crippen LogP contribution in [0.5, 0.6) is 11.5 Å². The Morgan fingerprint density at radius 2 is 1.94 bits per heavy atom. The fraction of sp³-hybridized carbons (Fsp3) is 0.143. The molecule has 0 unspecified atom stereocenters. The van der Waals surface area contributed by atoms with Crippen LogP contribution in [0.25, 0.3) is 0 Å². The summed E-state index contributed by atoms with van der Waals surface area (Å²) < 4.78 is 11.0. The molecular formula is C14H12O2. The van der Waals surface area contributed by atoms with Crippen molar-refractivity contribution in [3.63, 3.8) is 0 Å². The lowest BCUT2D eigenvalue weighted by molar-refractivity contribution is 0.238. The molecule has 2 heteroatoms. The summed E-state index contributed by atoms with van der Waals surface area (Å²) in [6.45, 7) is 1.33. The monoisotopic (exact) mass is 212 g/mol. The average Bonchev–Trinajstić information content (AvgIpc) is 2.31. The zero-order valence-electron chi connectivity index (χ0n) is 8.85. The van der Waals surface area contributed by atoms with Crippen LogP contribution in [0.2, 0.25) is 0 Å². The van der Waals surface area contributed by atoms with E-state index in [2.05, 4.69) is 18.2 Å². The SMILES string of the molecule is c1ccc(COc2ccc3c(c2)OC3)cc1. The van der Waals surface area contributed by atoms with Crippen LogP contribution in [0.4, 0.5) is 0 Å². The molecule has 3 rings (SSSR count). The maximum Gasteiger partial charge on any atom is 0.130 e. The predicted molar refractivity (Wildman–Crippen MR) is 61.5 cm³/mol. The van der Waals surface area contributed by atoms with E-state index in [9.17, 15) is 0 Å². The third kappa shape index (κ3) is 1.74. The lowest BCUT2D eigenvalue weighted by Crippen LogP contribution is -2.09. The van der Waals surface area contributed by atoms with Crippen LogP contribution in [0.15, 0.2) is 48.5 Å². The van der Waals surface area contributed by atoms with Crippen molar-refractivity contribution in [1.29, 1.82) is 0 Å². The topological polar surface area (TPSA) is 18.5 Å². The summed E-state index contributed by atoms with van der Waals surface area (Å²) in [4.78, 5) is 0. The predicted octanol–water partition coefficient (Wildman–Crippen LogP) is 3.16. The zero-order chi connectivity index (χ0) is 10.8. The number of rotatable bonds is 3. The highest BCUT2D eigenvalue weighted by atomic mass is 16.5. The fourth-order valence-electron chi connectivity index (χ4n) is 1.69. The highest BCUT2D eigenvalue weighted by Gasteiger charge is 2.14. The largest absolute Gasteiger partial charge is 0.489 e. The van der Waals surface area contributed by atoms with Gasteiger partial charge in [-0.1, -0.05) is 30.3 Å². The standard InChI is InChI=1S/C14H12O2/c1-2-4-11(5-3-1)9-15-13-7-6-12-10-16-14(12)8-13/h1-8H,9-10H2. The maximum atomic E-state index is 5.68. The molecule has 1 aliphatic heterocycles. The smallest absolute Gasteiger partial charge is 0.130 e. The first-order valence-electron chi connectivity index (χ1n) is 5.34. The summed E-state index contributed by atoms with van der Waals surface area (Å²) in [5.41, 5.74) is 2.43. The van der Waals surface area contributed by atoms with E-state index in [-0.39, 0.29) is 0 Å². The van der Waals surface area contributed by atoms with Crippen molar-refractivity contribution in [3.05, 3.63) is 59.7 Å². The van der Waals surface area contributed by atoms with E-state index in [1.54, 1.807) is 0 Å². The van der Waals surface area contributed by atoms with E-state index in [1.807, 2.05) is 30.3 Å². The third-order valence-corrected chi connectivity index (χ3v) is 2.67. The number of ether oxygens (including phenoxy) is 2. The van der Waals surface area contributed by atoms with Crippen LogP contribution in [0.3, 0.4) is 0 Å².